The van der Waals surface area contributed by atoms with Crippen molar-refractivity contribution >= 4 is 22.5 Å². The maximum atomic E-state index is 12.1. The van der Waals surface area contributed by atoms with Gasteiger partial charge in [-0.15, -0.1) is 5.10 Å². The Morgan fingerprint density at radius 1 is 1.33 bits per heavy atom. The van der Waals surface area contributed by atoms with Crippen LogP contribution < -0.4 is 10.6 Å². The first kappa shape index (κ1) is 16.1. The second kappa shape index (κ2) is 6.75. The molecule has 2 N–H and O–H groups in total. The van der Waals surface area contributed by atoms with E-state index in [4.69, 9.17) is 0 Å². The number of amides is 2. The maximum Gasteiger partial charge on any atom is 0.321 e. The van der Waals surface area contributed by atoms with Crippen molar-refractivity contribution in [2.45, 2.75) is 19.9 Å². The first-order valence-corrected chi connectivity index (χ1v) is 8.18. The van der Waals surface area contributed by atoms with Crippen LogP contribution in [0, 0.1) is 6.92 Å². The number of benzene rings is 1. The number of tetrazole rings is 1. The predicted molar refractivity (Wildman–Crippen MR) is 91.7 cm³/mol. The summed E-state index contributed by atoms with van der Waals surface area (Å²) in [5.41, 5.74) is 2.28. The van der Waals surface area contributed by atoms with Gasteiger partial charge in [0.1, 0.15) is 0 Å². The first-order chi connectivity index (χ1) is 11.5. The number of aromatic nitrogens is 5. The van der Waals surface area contributed by atoms with Gasteiger partial charge in [0.25, 0.3) is 0 Å². The zero-order chi connectivity index (χ0) is 17.1. The summed E-state index contributed by atoms with van der Waals surface area (Å²) in [5, 5.41) is 17.2. The van der Waals surface area contributed by atoms with Gasteiger partial charge >= 0.3 is 6.03 Å². The van der Waals surface area contributed by atoms with Crippen molar-refractivity contribution in [2.24, 2.45) is 7.05 Å². The highest BCUT2D eigenvalue weighted by atomic mass is 32.1. The summed E-state index contributed by atoms with van der Waals surface area (Å²) in [5.74, 6) is 0.574. The Kier molecular flexibility index (Phi) is 4.52. The number of urea groups is 1. The minimum atomic E-state index is -0.351. The van der Waals surface area contributed by atoms with E-state index in [0.29, 0.717) is 11.0 Å². The van der Waals surface area contributed by atoms with Gasteiger partial charge < -0.3 is 5.32 Å². The molecule has 3 rings (SSSR count). The highest BCUT2D eigenvalue weighted by Crippen LogP contribution is 2.30. The molecule has 0 spiro atoms. The quantitative estimate of drug-likeness (QED) is 0.758. The molecule has 0 saturated heterocycles. The second-order valence-electron chi connectivity index (χ2n) is 5.33. The summed E-state index contributed by atoms with van der Waals surface area (Å²) in [7, 11) is 1.72. The Bertz CT molecular complexity index is 857. The molecule has 2 aromatic heterocycles. The number of hydrogen-bond donors (Lipinski definition) is 2. The van der Waals surface area contributed by atoms with Crippen LogP contribution >= 0.6 is 11.3 Å². The Hall–Kier alpha value is -2.81. The molecule has 3 aromatic rings. The molecule has 9 heteroatoms. The Balaban J connectivity index is 1.66. The van der Waals surface area contributed by atoms with Crippen LogP contribution in [-0.4, -0.2) is 31.2 Å². The fourth-order valence-corrected chi connectivity index (χ4v) is 3.21. The van der Waals surface area contributed by atoms with Gasteiger partial charge in [-0.1, -0.05) is 35.6 Å². The van der Waals surface area contributed by atoms with Crippen molar-refractivity contribution in [3.63, 3.8) is 0 Å². The summed E-state index contributed by atoms with van der Waals surface area (Å²) in [4.78, 5) is 17.4. The Morgan fingerprint density at radius 2 is 2.12 bits per heavy atom. The molecule has 0 aliphatic rings. The average molecular weight is 343 g/mol. The van der Waals surface area contributed by atoms with E-state index in [-0.39, 0.29) is 12.1 Å². The molecule has 0 saturated carbocycles. The fourth-order valence-electron chi connectivity index (χ4n) is 2.30. The molecule has 1 aromatic carbocycles. The van der Waals surface area contributed by atoms with Gasteiger partial charge in [0.2, 0.25) is 0 Å². The van der Waals surface area contributed by atoms with Gasteiger partial charge in [0, 0.05) is 13.2 Å². The number of aryl methyl sites for hydroxylation is 2. The number of hydrogen-bond acceptors (Lipinski definition) is 6. The lowest BCUT2D eigenvalue weighted by atomic mass is 10.1. The number of anilines is 1. The molecule has 8 nitrogen and oxygen atoms in total. The third-order valence-electron chi connectivity index (χ3n) is 3.52. The summed E-state index contributed by atoms with van der Waals surface area (Å²) < 4.78 is 1.52. The molecule has 0 bridgehead atoms. The van der Waals surface area contributed by atoms with Crippen LogP contribution in [0.1, 0.15) is 24.4 Å². The van der Waals surface area contributed by atoms with Gasteiger partial charge in [-0.05, 0) is 35.4 Å². The zero-order valence-electron chi connectivity index (χ0n) is 13.5. The first-order valence-electron chi connectivity index (χ1n) is 7.36. The number of carbonyl (C=O) groups is 1. The van der Waals surface area contributed by atoms with E-state index >= 15 is 0 Å². The molecule has 0 radical (unpaired) electrons. The monoisotopic (exact) mass is 343 g/mol. The Labute approximate surface area is 142 Å². The molecule has 0 fully saturated rings. The number of nitrogens with one attached hydrogen (secondary N) is 2. The molecule has 0 aliphatic carbocycles. The third-order valence-corrected chi connectivity index (χ3v) is 4.47. The van der Waals surface area contributed by atoms with Crippen LogP contribution in [0.15, 0.2) is 30.5 Å². The number of carbonyl (C=O) groups excluding carboxylic acids is 1. The van der Waals surface area contributed by atoms with E-state index in [1.807, 2.05) is 38.1 Å². The van der Waals surface area contributed by atoms with Crippen molar-refractivity contribution in [2.75, 3.05) is 5.32 Å². The van der Waals surface area contributed by atoms with Crippen LogP contribution in [0.2, 0.25) is 0 Å². The van der Waals surface area contributed by atoms with Crippen molar-refractivity contribution in [3.8, 4) is 10.4 Å². The smallest absolute Gasteiger partial charge is 0.321 e. The van der Waals surface area contributed by atoms with Crippen molar-refractivity contribution in [3.05, 3.63) is 41.9 Å². The van der Waals surface area contributed by atoms with Crippen LogP contribution in [-0.2, 0) is 7.05 Å². The van der Waals surface area contributed by atoms with Gasteiger partial charge in [-0.2, -0.15) is 0 Å². The summed E-state index contributed by atoms with van der Waals surface area (Å²) in [6.07, 6.45) is 1.76. The number of rotatable bonds is 4. The number of thiazole rings is 1. The van der Waals surface area contributed by atoms with E-state index in [9.17, 15) is 4.79 Å². The average Bonchev–Trinajstić information content (AvgIpc) is 3.16. The van der Waals surface area contributed by atoms with Gasteiger partial charge in [-0.25, -0.2) is 14.5 Å². The SMILES string of the molecule is Cc1ccccc1-c1cnc(NC(=O)N[C@@H](C)c2nnnn2C)s1. The summed E-state index contributed by atoms with van der Waals surface area (Å²) >= 11 is 1.43. The largest absolute Gasteiger partial charge is 0.328 e. The van der Waals surface area contributed by atoms with E-state index in [1.54, 1.807) is 13.2 Å². The molecular weight excluding hydrogens is 326 g/mol. The van der Waals surface area contributed by atoms with E-state index in [0.717, 1.165) is 10.4 Å². The highest BCUT2D eigenvalue weighted by molar-refractivity contribution is 7.19. The van der Waals surface area contributed by atoms with Crippen LogP contribution in [0.25, 0.3) is 10.4 Å². The molecule has 0 aliphatic heterocycles. The number of nitrogens with zero attached hydrogens (tertiary/aromatic N) is 5. The lowest BCUT2D eigenvalue weighted by Crippen LogP contribution is -2.32. The van der Waals surface area contributed by atoms with Gasteiger partial charge in [0.05, 0.1) is 10.9 Å². The fraction of sp³-hybridized carbons (Fsp3) is 0.267. The molecule has 2 heterocycles. The minimum absolute atomic E-state index is 0.319. The maximum absolute atomic E-state index is 12.1. The molecule has 124 valence electrons. The highest BCUT2D eigenvalue weighted by Gasteiger charge is 2.16. The van der Waals surface area contributed by atoms with Gasteiger partial charge in [0.15, 0.2) is 11.0 Å². The molecular formula is C15H17N7OS. The minimum Gasteiger partial charge on any atom is -0.328 e. The second-order valence-corrected chi connectivity index (χ2v) is 6.36. The van der Waals surface area contributed by atoms with E-state index in [2.05, 4.69) is 31.1 Å². The van der Waals surface area contributed by atoms with Crippen molar-refractivity contribution in [1.29, 1.82) is 0 Å². The Morgan fingerprint density at radius 3 is 2.83 bits per heavy atom. The third kappa shape index (κ3) is 3.40. The van der Waals surface area contributed by atoms with Crippen LogP contribution in [0.5, 0.6) is 0 Å². The topological polar surface area (TPSA) is 97.6 Å². The molecule has 0 unspecified atom stereocenters. The summed E-state index contributed by atoms with van der Waals surface area (Å²) in [6.45, 7) is 3.86. The zero-order valence-corrected chi connectivity index (χ0v) is 14.3. The summed E-state index contributed by atoms with van der Waals surface area (Å²) in [6, 6.07) is 7.40. The molecule has 1 atom stereocenters. The van der Waals surface area contributed by atoms with E-state index < -0.39 is 0 Å². The van der Waals surface area contributed by atoms with Crippen LogP contribution in [0.4, 0.5) is 9.93 Å². The molecule has 24 heavy (non-hydrogen) atoms. The lowest BCUT2D eigenvalue weighted by molar-refractivity contribution is 0.248. The van der Waals surface area contributed by atoms with E-state index in [1.165, 1.54) is 21.6 Å². The van der Waals surface area contributed by atoms with Crippen LogP contribution in [0.3, 0.4) is 0 Å². The molecule has 2 amide bonds. The normalized spacial score (nSPS) is 12.0. The predicted octanol–water partition coefficient (Wildman–Crippen LogP) is 2.52. The standard InChI is InChI=1S/C15H17N7OS/c1-9-6-4-5-7-11(9)12-8-16-15(24-12)18-14(23)17-10(2)13-19-20-21-22(13)3/h4-8,10H,1-3H3,(H2,16,17,18,23)/t10-/m0/s1. The van der Waals surface area contributed by atoms with Crippen molar-refractivity contribution in [1.82, 2.24) is 30.5 Å². The lowest BCUT2D eigenvalue weighted by Gasteiger charge is -2.11. The van der Waals surface area contributed by atoms with Crippen molar-refractivity contribution < 1.29 is 4.79 Å². The van der Waals surface area contributed by atoms with Gasteiger partial charge in [-0.3, -0.25) is 5.32 Å².